The SMILES string of the molecule is CCn1nc(C)c(NC(=O)NC2CCC(O)CC2)c1C. The van der Waals surface area contributed by atoms with Gasteiger partial charge in [-0.3, -0.25) is 4.68 Å². The topological polar surface area (TPSA) is 79.2 Å². The van der Waals surface area contributed by atoms with Crippen LogP contribution in [0.25, 0.3) is 0 Å². The van der Waals surface area contributed by atoms with Crippen molar-refractivity contribution in [2.45, 2.75) is 65.1 Å². The molecule has 1 heterocycles. The number of urea groups is 1. The maximum atomic E-state index is 12.0. The molecule has 1 saturated carbocycles. The molecule has 1 aliphatic carbocycles. The van der Waals surface area contributed by atoms with E-state index in [0.29, 0.717) is 0 Å². The van der Waals surface area contributed by atoms with Crippen LogP contribution in [-0.4, -0.2) is 33.1 Å². The van der Waals surface area contributed by atoms with Crippen LogP contribution in [0.15, 0.2) is 0 Å². The first-order valence-electron chi connectivity index (χ1n) is 7.30. The zero-order valence-corrected chi connectivity index (χ0v) is 12.4. The highest BCUT2D eigenvalue weighted by Gasteiger charge is 2.21. The van der Waals surface area contributed by atoms with E-state index >= 15 is 0 Å². The van der Waals surface area contributed by atoms with Crippen LogP contribution in [0.3, 0.4) is 0 Å². The van der Waals surface area contributed by atoms with Crippen LogP contribution in [0.5, 0.6) is 0 Å². The van der Waals surface area contributed by atoms with Gasteiger partial charge in [0.2, 0.25) is 0 Å². The second-order valence-corrected chi connectivity index (χ2v) is 5.47. The summed E-state index contributed by atoms with van der Waals surface area (Å²) in [6.45, 7) is 6.66. The Kier molecular flexibility index (Phi) is 4.65. The summed E-state index contributed by atoms with van der Waals surface area (Å²) in [5.74, 6) is 0. The molecule has 0 aromatic carbocycles. The predicted octanol–water partition coefficient (Wildman–Crippen LogP) is 1.94. The van der Waals surface area contributed by atoms with Crippen LogP contribution in [0, 0.1) is 13.8 Å². The Balaban J connectivity index is 1.93. The molecule has 0 radical (unpaired) electrons. The summed E-state index contributed by atoms with van der Waals surface area (Å²) in [5.41, 5.74) is 2.60. The lowest BCUT2D eigenvalue weighted by atomic mass is 9.93. The monoisotopic (exact) mass is 280 g/mol. The highest BCUT2D eigenvalue weighted by Crippen LogP contribution is 2.21. The van der Waals surface area contributed by atoms with Crippen molar-refractivity contribution in [2.75, 3.05) is 5.32 Å². The fourth-order valence-electron chi connectivity index (χ4n) is 2.74. The molecular formula is C14H24N4O2. The first kappa shape index (κ1) is 14.8. The average Bonchev–Trinajstić information content (AvgIpc) is 2.69. The predicted molar refractivity (Wildman–Crippen MR) is 77.8 cm³/mol. The number of aliphatic hydroxyl groups is 1. The number of amides is 2. The molecule has 1 aliphatic rings. The summed E-state index contributed by atoms with van der Waals surface area (Å²) in [6, 6.07) is -0.0338. The van der Waals surface area contributed by atoms with Gasteiger partial charge in [0.05, 0.1) is 23.2 Å². The first-order chi connectivity index (χ1) is 9.51. The summed E-state index contributed by atoms with van der Waals surface area (Å²) in [7, 11) is 0. The van der Waals surface area contributed by atoms with Crippen molar-refractivity contribution in [3.05, 3.63) is 11.4 Å². The lowest BCUT2D eigenvalue weighted by Gasteiger charge is -2.26. The molecular weight excluding hydrogens is 256 g/mol. The Morgan fingerprint density at radius 1 is 1.35 bits per heavy atom. The van der Waals surface area contributed by atoms with Gasteiger partial charge in [-0.1, -0.05) is 0 Å². The molecule has 0 saturated heterocycles. The van der Waals surface area contributed by atoms with Crippen LogP contribution in [0.4, 0.5) is 10.5 Å². The number of carbonyl (C=O) groups excluding carboxylic acids is 1. The highest BCUT2D eigenvalue weighted by molar-refractivity contribution is 5.90. The van der Waals surface area contributed by atoms with Gasteiger partial charge < -0.3 is 15.7 Å². The lowest BCUT2D eigenvalue weighted by molar-refractivity contribution is 0.118. The molecule has 0 bridgehead atoms. The highest BCUT2D eigenvalue weighted by atomic mass is 16.3. The third kappa shape index (κ3) is 3.30. The van der Waals surface area contributed by atoms with Gasteiger partial charge in [0.1, 0.15) is 0 Å². The van der Waals surface area contributed by atoms with Gasteiger partial charge in [0, 0.05) is 12.6 Å². The number of anilines is 1. The van der Waals surface area contributed by atoms with Crippen LogP contribution in [-0.2, 0) is 6.54 Å². The molecule has 2 amide bonds. The minimum atomic E-state index is -0.205. The Labute approximate surface area is 119 Å². The molecule has 6 nitrogen and oxygen atoms in total. The number of hydrogen-bond acceptors (Lipinski definition) is 3. The minimum absolute atomic E-state index is 0.153. The summed E-state index contributed by atoms with van der Waals surface area (Å²) in [4.78, 5) is 12.0. The lowest BCUT2D eigenvalue weighted by Crippen LogP contribution is -2.41. The van der Waals surface area contributed by atoms with Crippen molar-refractivity contribution >= 4 is 11.7 Å². The van der Waals surface area contributed by atoms with Crippen LogP contribution in [0.1, 0.15) is 44.0 Å². The molecule has 0 atom stereocenters. The van der Waals surface area contributed by atoms with Gasteiger partial charge in [-0.2, -0.15) is 5.10 Å². The number of nitrogens with one attached hydrogen (secondary N) is 2. The normalized spacial score (nSPS) is 22.6. The molecule has 3 N–H and O–H groups in total. The van der Waals surface area contributed by atoms with E-state index in [2.05, 4.69) is 15.7 Å². The van der Waals surface area contributed by atoms with E-state index in [4.69, 9.17) is 0 Å². The number of carbonyl (C=O) groups is 1. The Morgan fingerprint density at radius 2 is 2.00 bits per heavy atom. The van der Waals surface area contributed by atoms with Gasteiger partial charge in [0.25, 0.3) is 0 Å². The third-order valence-corrected chi connectivity index (χ3v) is 3.95. The maximum absolute atomic E-state index is 12.0. The van der Waals surface area contributed by atoms with Crippen molar-refractivity contribution in [3.8, 4) is 0 Å². The van der Waals surface area contributed by atoms with E-state index in [0.717, 1.165) is 49.3 Å². The van der Waals surface area contributed by atoms with Gasteiger partial charge in [-0.15, -0.1) is 0 Å². The Bertz CT molecular complexity index is 476. The average molecular weight is 280 g/mol. The number of rotatable bonds is 3. The minimum Gasteiger partial charge on any atom is -0.393 e. The first-order valence-corrected chi connectivity index (χ1v) is 7.30. The summed E-state index contributed by atoms with van der Waals surface area (Å²) >= 11 is 0. The third-order valence-electron chi connectivity index (χ3n) is 3.95. The molecule has 20 heavy (non-hydrogen) atoms. The van der Waals surface area contributed by atoms with Gasteiger partial charge in [-0.05, 0) is 46.5 Å². The molecule has 0 unspecified atom stereocenters. The Morgan fingerprint density at radius 3 is 2.55 bits per heavy atom. The number of nitrogens with zero attached hydrogens (tertiary/aromatic N) is 2. The smallest absolute Gasteiger partial charge is 0.319 e. The molecule has 1 aromatic heterocycles. The summed E-state index contributed by atoms with van der Waals surface area (Å²) in [5, 5.41) is 19.7. The quantitative estimate of drug-likeness (QED) is 0.791. The molecule has 1 aromatic rings. The summed E-state index contributed by atoms with van der Waals surface area (Å²) in [6.07, 6.45) is 2.98. The van der Waals surface area contributed by atoms with E-state index in [1.54, 1.807) is 0 Å². The second kappa shape index (κ2) is 6.26. The maximum Gasteiger partial charge on any atom is 0.319 e. The fourth-order valence-corrected chi connectivity index (χ4v) is 2.74. The second-order valence-electron chi connectivity index (χ2n) is 5.47. The van der Waals surface area contributed by atoms with Crippen molar-refractivity contribution in [1.29, 1.82) is 0 Å². The van der Waals surface area contributed by atoms with E-state index in [1.165, 1.54) is 0 Å². The van der Waals surface area contributed by atoms with E-state index in [-0.39, 0.29) is 18.2 Å². The van der Waals surface area contributed by atoms with Crippen LogP contribution >= 0.6 is 0 Å². The van der Waals surface area contributed by atoms with Gasteiger partial charge in [-0.25, -0.2) is 4.79 Å². The van der Waals surface area contributed by atoms with Crippen LogP contribution in [0.2, 0.25) is 0 Å². The molecule has 112 valence electrons. The molecule has 2 rings (SSSR count). The zero-order chi connectivity index (χ0) is 14.7. The van der Waals surface area contributed by atoms with Crippen molar-refractivity contribution < 1.29 is 9.90 Å². The fraction of sp³-hybridized carbons (Fsp3) is 0.714. The largest absolute Gasteiger partial charge is 0.393 e. The van der Waals surface area contributed by atoms with Crippen LogP contribution < -0.4 is 10.6 Å². The molecule has 1 fully saturated rings. The van der Waals surface area contributed by atoms with Crippen molar-refractivity contribution in [3.63, 3.8) is 0 Å². The van der Waals surface area contributed by atoms with Crippen molar-refractivity contribution in [1.82, 2.24) is 15.1 Å². The standard InChI is InChI=1S/C14H24N4O2/c1-4-18-10(3)13(9(2)17-18)16-14(20)15-11-5-7-12(19)8-6-11/h11-12,19H,4-8H2,1-3H3,(H2,15,16,20). The molecule has 0 aliphatic heterocycles. The molecule has 0 spiro atoms. The number of aromatic nitrogens is 2. The van der Waals surface area contributed by atoms with E-state index in [1.807, 2.05) is 25.5 Å². The van der Waals surface area contributed by atoms with Crippen molar-refractivity contribution in [2.24, 2.45) is 0 Å². The number of aliphatic hydroxyl groups excluding tert-OH is 1. The summed E-state index contributed by atoms with van der Waals surface area (Å²) < 4.78 is 1.88. The number of aryl methyl sites for hydroxylation is 2. The van der Waals surface area contributed by atoms with Gasteiger partial charge >= 0.3 is 6.03 Å². The van der Waals surface area contributed by atoms with E-state index < -0.39 is 0 Å². The Hall–Kier alpha value is -1.56. The molecule has 6 heteroatoms. The number of hydrogen-bond donors (Lipinski definition) is 3. The van der Waals surface area contributed by atoms with E-state index in [9.17, 15) is 9.90 Å². The van der Waals surface area contributed by atoms with Gasteiger partial charge in [0.15, 0.2) is 0 Å². The zero-order valence-electron chi connectivity index (χ0n) is 12.4.